The van der Waals surface area contributed by atoms with Gasteiger partial charge < -0.3 is 9.05 Å². The van der Waals surface area contributed by atoms with Crippen molar-refractivity contribution in [1.82, 2.24) is 0 Å². The lowest BCUT2D eigenvalue weighted by molar-refractivity contribution is -0.768. The lowest BCUT2D eigenvalue weighted by Gasteiger charge is -2.21. The second-order valence-electron chi connectivity index (χ2n) is 2.67. The van der Waals surface area contributed by atoms with Crippen LogP contribution in [0.25, 0.3) is 0 Å². The van der Waals surface area contributed by atoms with Crippen LogP contribution < -0.4 is 0 Å². The zero-order valence-corrected chi connectivity index (χ0v) is 10.2. The molecule has 0 aromatic heterocycles. The van der Waals surface area contributed by atoms with Crippen molar-refractivity contribution >= 4 is 7.60 Å². The normalized spacial score (nSPS) is 13.1. The van der Waals surface area contributed by atoms with Gasteiger partial charge in [-0.2, -0.15) is 0 Å². The second-order valence-corrected chi connectivity index (χ2v) is 4.85. The molecule has 1 atom stereocenters. The first-order valence-corrected chi connectivity index (χ1v) is 6.28. The highest BCUT2D eigenvalue weighted by atomic mass is 31.2. The minimum Gasteiger partial charge on any atom is -0.307 e. The van der Waals surface area contributed by atoms with Gasteiger partial charge in [-0.05, 0) is 13.8 Å². The Hall–Kier alpha value is -1.25. The van der Waals surface area contributed by atoms with Crippen molar-refractivity contribution in [3.05, 3.63) is 20.2 Å². The van der Waals surface area contributed by atoms with Crippen LogP contribution in [0, 0.1) is 20.2 Å². The van der Waals surface area contributed by atoms with Gasteiger partial charge in [-0.15, -0.1) is 10.1 Å². The van der Waals surface area contributed by atoms with Crippen molar-refractivity contribution in [3.8, 4) is 0 Å². The fourth-order valence-corrected chi connectivity index (χ4v) is 2.63. The molecule has 100 valence electrons. The van der Waals surface area contributed by atoms with E-state index >= 15 is 0 Å². The first-order valence-electron chi connectivity index (χ1n) is 4.67. The molecule has 1 unspecified atom stereocenters. The van der Waals surface area contributed by atoms with Crippen molar-refractivity contribution in [1.29, 1.82) is 0 Å². The Labute approximate surface area is 96.6 Å². The molecule has 0 spiro atoms. The fraction of sp³-hybridized carbons (Fsp3) is 1.00. The van der Waals surface area contributed by atoms with Gasteiger partial charge in [0.05, 0.1) is 13.2 Å². The SMILES string of the molecule is CCOP(=O)(OCC)C(C[N+](=O)[O-])O[N+](=O)[O-]. The van der Waals surface area contributed by atoms with Gasteiger partial charge >= 0.3 is 7.60 Å². The maximum Gasteiger partial charge on any atom is 0.366 e. The van der Waals surface area contributed by atoms with E-state index in [0.29, 0.717) is 0 Å². The van der Waals surface area contributed by atoms with Crippen molar-refractivity contribution in [2.24, 2.45) is 0 Å². The molecule has 10 nitrogen and oxygen atoms in total. The van der Waals surface area contributed by atoms with E-state index in [-0.39, 0.29) is 13.2 Å². The van der Waals surface area contributed by atoms with Gasteiger partial charge in [0.2, 0.25) is 6.54 Å². The standard InChI is InChI=1S/C6H13N2O8P/c1-3-14-17(13,15-4-2)6(5-7(9)10)16-8(11)12/h6H,3-5H2,1-2H3. The number of hydrogen-bond acceptors (Lipinski definition) is 8. The van der Waals surface area contributed by atoms with Crippen LogP contribution in [-0.4, -0.2) is 35.6 Å². The summed E-state index contributed by atoms with van der Waals surface area (Å²) >= 11 is 0. The fourth-order valence-electron chi connectivity index (χ4n) is 0.981. The van der Waals surface area contributed by atoms with E-state index in [1.807, 2.05) is 0 Å². The molecule has 0 aliphatic heterocycles. The Bertz CT molecular complexity index is 295. The number of hydrogen-bond donors (Lipinski definition) is 0. The molecule has 0 saturated heterocycles. The third-order valence-electron chi connectivity index (χ3n) is 1.48. The number of rotatable bonds is 9. The van der Waals surface area contributed by atoms with Crippen molar-refractivity contribution in [2.45, 2.75) is 19.7 Å². The Balaban J connectivity index is 4.97. The average molecular weight is 272 g/mol. The zero-order chi connectivity index (χ0) is 13.5. The topological polar surface area (TPSA) is 131 Å². The van der Waals surface area contributed by atoms with Crippen molar-refractivity contribution in [3.63, 3.8) is 0 Å². The maximum absolute atomic E-state index is 12.0. The molecule has 0 aliphatic carbocycles. The van der Waals surface area contributed by atoms with Crippen LogP contribution in [0.4, 0.5) is 0 Å². The maximum atomic E-state index is 12.0. The third kappa shape index (κ3) is 5.57. The molecule has 0 saturated carbocycles. The van der Waals surface area contributed by atoms with Crippen LogP contribution in [0.1, 0.15) is 13.8 Å². The van der Waals surface area contributed by atoms with Crippen LogP contribution >= 0.6 is 7.60 Å². The van der Waals surface area contributed by atoms with Gasteiger partial charge in [-0.3, -0.25) is 19.5 Å². The smallest absolute Gasteiger partial charge is 0.307 e. The van der Waals surface area contributed by atoms with Gasteiger partial charge in [0, 0.05) is 4.92 Å². The second kappa shape index (κ2) is 7.15. The van der Waals surface area contributed by atoms with E-state index in [4.69, 9.17) is 9.05 Å². The molecule has 0 rings (SSSR count). The molecule has 11 heteroatoms. The summed E-state index contributed by atoms with van der Waals surface area (Å²) < 4.78 is 21.5. The predicted octanol–water partition coefficient (Wildman–Crippen LogP) is 1.06. The molecular formula is C6H13N2O8P. The van der Waals surface area contributed by atoms with Crippen molar-refractivity contribution < 1.29 is 28.5 Å². The molecule has 0 aromatic carbocycles. The minimum absolute atomic E-state index is 0.0768. The largest absolute Gasteiger partial charge is 0.366 e. The summed E-state index contributed by atoms with van der Waals surface area (Å²) in [4.78, 5) is 23.6. The van der Waals surface area contributed by atoms with Gasteiger partial charge in [-0.1, -0.05) is 0 Å². The minimum atomic E-state index is -4.04. The van der Waals surface area contributed by atoms with Crippen molar-refractivity contribution in [2.75, 3.05) is 19.8 Å². The lowest BCUT2D eigenvalue weighted by Crippen LogP contribution is -2.28. The molecule has 0 heterocycles. The van der Waals surface area contributed by atoms with E-state index in [2.05, 4.69) is 4.84 Å². The lowest BCUT2D eigenvalue weighted by atomic mass is 10.7. The average Bonchev–Trinajstić information content (AvgIpc) is 2.15. The monoisotopic (exact) mass is 272 g/mol. The van der Waals surface area contributed by atoms with E-state index in [9.17, 15) is 24.8 Å². The van der Waals surface area contributed by atoms with Gasteiger partial charge in [0.15, 0.2) is 0 Å². The van der Waals surface area contributed by atoms with Crippen LogP contribution in [0.3, 0.4) is 0 Å². The van der Waals surface area contributed by atoms with Crippen LogP contribution in [0.5, 0.6) is 0 Å². The summed E-state index contributed by atoms with van der Waals surface area (Å²) in [6.45, 7) is 1.75. The summed E-state index contributed by atoms with van der Waals surface area (Å²) in [6.07, 6.45) is 0. The van der Waals surface area contributed by atoms with E-state index in [1.54, 1.807) is 0 Å². The van der Waals surface area contributed by atoms with Gasteiger partial charge in [0.1, 0.15) is 0 Å². The molecule has 0 aliphatic rings. The zero-order valence-electron chi connectivity index (χ0n) is 9.31. The Morgan fingerprint density at radius 1 is 1.18 bits per heavy atom. The molecule has 0 fully saturated rings. The first-order chi connectivity index (χ1) is 7.85. The number of nitrogens with zero attached hydrogens (tertiary/aromatic N) is 2. The predicted molar refractivity (Wildman–Crippen MR) is 54.6 cm³/mol. The highest BCUT2D eigenvalue weighted by Gasteiger charge is 2.42. The Morgan fingerprint density at radius 2 is 1.65 bits per heavy atom. The van der Waals surface area contributed by atoms with Gasteiger partial charge in [0.25, 0.3) is 10.9 Å². The van der Waals surface area contributed by atoms with Gasteiger partial charge in [-0.25, -0.2) is 0 Å². The molecule has 0 N–H and O–H groups in total. The van der Waals surface area contributed by atoms with E-state index < -0.39 is 30.0 Å². The summed E-state index contributed by atoms with van der Waals surface area (Å²) in [5.41, 5.74) is 0. The third-order valence-corrected chi connectivity index (χ3v) is 3.68. The summed E-state index contributed by atoms with van der Waals surface area (Å²) in [5, 5.41) is 19.2. The first kappa shape index (κ1) is 15.8. The summed E-state index contributed by atoms with van der Waals surface area (Å²) in [5.74, 6) is -1.87. The quantitative estimate of drug-likeness (QED) is 0.346. The molecule has 0 aromatic rings. The molecule has 0 amide bonds. The van der Waals surface area contributed by atoms with Crippen LogP contribution in [-0.2, 0) is 18.5 Å². The van der Waals surface area contributed by atoms with E-state index in [0.717, 1.165) is 0 Å². The highest BCUT2D eigenvalue weighted by Crippen LogP contribution is 2.53. The Kier molecular flexibility index (Phi) is 6.62. The van der Waals surface area contributed by atoms with Crippen LogP contribution in [0.15, 0.2) is 0 Å². The Morgan fingerprint density at radius 3 is 1.94 bits per heavy atom. The van der Waals surface area contributed by atoms with Crippen LogP contribution in [0.2, 0.25) is 0 Å². The van der Waals surface area contributed by atoms with E-state index in [1.165, 1.54) is 13.8 Å². The number of nitro groups is 1. The molecule has 0 radical (unpaired) electrons. The summed E-state index contributed by atoms with van der Waals surface area (Å²) in [6, 6.07) is 0. The molecule has 17 heavy (non-hydrogen) atoms. The summed E-state index contributed by atoms with van der Waals surface area (Å²) in [7, 11) is -4.04. The highest BCUT2D eigenvalue weighted by molar-refractivity contribution is 7.54. The molecular weight excluding hydrogens is 259 g/mol. The molecule has 0 bridgehead atoms.